The molecule has 0 N–H and O–H groups in total. The average Bonchev–Trinajstić information content (AvgIpc) is 2.85. The Bertz CT molecular complexity index is 600. The molecule has 0 aliphatic carbocycles. The first-order chi connectivity index (χ1) is 9.72. The lowest BCUT2D eigenvalue weighted by Crippen LogP contribution is -2.19. The molecule has 1 aliphatic rings. The van der Waals surface area contributed by atoms with E-state index in [0.29, 0.717) is 6.04 Å². The number of hydrogen-bond donors (Lipinski definition) is 0. The molecule has 1 aromatic carbocycles. The van der Waals surface area contributed by atoms with Gasteiger partial charge in [0.25, 0.3) is 0 Å². The summed E-state index contributed by atoms with van der Waals surface area (Å²) in [6.07, 6.45) is 6.93. The normalized spacial score (nSPS) is 19.4. The Kier molecular flexibility index (Phi) is 3.99. The zero-order valence-corrected chi connectivity index (χ0v) is 12.3. The molecule has 104 valence electrons. The lowest BCUT2D eigenvalue weighted by atomic mass is 10.1. The molecule has 0 radical (unpaired) electrons. The van der Waals surface area contributed by atoms with E-state index in [1.54, 1.807) is 0 Å². The topological polar surface area (TPSA) is 29.0 Å². The third-order valence-electron chi connectivity index (χ3n) is 3.84. The zero-order valence-electron chi connectivity index (χ0n) is 11.6. The summed E-state index contributed by atoms with van der Waals surface area (Å²) in [6, 6.07) is 8.33. The van der Waals surface area contributed by atoms with Crippen molar-refractivity contribution in [1.29, 1.82) is 0 Å². The van der Waals surface area contributed by atoms with Crippen molar-refractivity contribution in [3.05, 3.63) is 58.6 Å². The molecule has 1 unspecified atom stereocenters. The predicted molar refractivity (Wildman–Crippen MR) is 80.9 cm³/mol. The fraction of sp³-hybridized carbons (Fsp3) is 0.375. The molecular formula is C16H18ClN3. The highest BCUT2D eigenvalue weighted by Gasteiger charge is 2.24. The Hall–Kier alpha value is -1.45. The molecule has 1 saturated heterocycles. The maximum atomic E-state index is 6.02. The van der Waals surface area contributed by atoms with Crippen LogP contribution >= 0.6 is 11.6 Å². The molecule has 1 aromatic heterocycles. The van der Waals surface area contributed by atoms with E-state index in [1.807, 2.05) is 30.6 Å². The van der Waals surface area contributed by atoms with Gasteiger partial charge in [-0.25, -0.2) is 0 Å². The second-order valence-electron chi connectivity index (χ2n) is 5.38. The number of aromatic nitrogens is 2. The van der Waals surface area contributed by atoms with E-state index in [0.717, 1.165) is 29.4 Å². The van der Waals surface area contributed by atoms with Gasteiger partial charge in [0.2, 0.25) is 0 Å². The van der Waals surface area contributed by atoms with Gasteiger partial charge in [0.05, 0.1) is 17.4 Å². The van der Waals surface area contributed by atoms with Crippen LogP contribution in [0.15, 0.2) is 36.7 Å². The summed E-state index contributed by atoms with van der Waals surface area (Å²) < 4.78 is 0. The van der Waals surface area contributed by atoms with Gasteiger partial charge in [-0.1, -0.05) is 23.7 Å². The first-order valence-electron chi connectivity index (χ1n) is 6.98. The molecule has 4 heteroatoms. The molecule has 0 bridgehead atoms. The standard InChI is InChI=1S/C16H18ClN3/c1-20-7-3-6-16(20)15-11-18-10-14(19-15)9-12-4-2-5-13(17)8-12/h2,4-5,8,10-11,16H,3,6-7,9H2,1H3. The fourth-order valence-electron chi connectivity index (χ4n) is 2.81. The summed E-state index contributed by atoms with van der Waals surface area (Å²) in [7, 11) is 2.16. The van der Waals surface area contributed by atoms with Crippen LogP contribution in [-0.2, 0) is 6.42 Å². The summed E-state index contributed by atoms with van der Waals surface area (Å²) in [5, 5.41) is 0.766. The van der Waals surface area contributed by atoms with Crippen molar-refractivity contribution in [1.82, 2.24) is 14.9 Å². The first-order valence-corrected chi connectivity index (χ1v) is 7.35. The number of rotatable bonds is 3. The summed E-state index contributed by atoms with van der Waals surface area (Å²) >= 11 is 6.02. The molecule has 3 rings (SSSR count). The Balaban J connectivity index is 1.81. The van der Waals surface area contributed by atoms with Crippen LogP contribution in [0, 0.1) is 0 Å². The molecule has 2 aromatic rings. The van der Waals surface area contributed by atoms with Crippen molar-refractivity contribution >= 4 is 11.6 Å². The van der Waals surface area contributed by atoms with Gasteiger partial charge in [0.1, 0.15) is 0 Å². The van der Waals surface area contributed by atoms with E-state index < -0.39 is 0 Å². The van der Waals surface area contributed by atoms with Crippen LogP contribution in [0.25, 0.3) is 0 Å². The number of likely N-dealkylation sites (tertiary alicyclic amines) is 1. The summed E-state index contributed by atoms with van der Waals surface area (Å²) in [6.45, 7) is 1.14. The number of nitrogens with zero attached hydrogens (tertiary/aromatic N) is 3. The number of hydrogen-bond acceptors (Lipinski definition) is 3. The fourth-order valence-corrected chi connectivity index (χ4v) is 3.02. The molecule has 1 atom stereocenters. The van der Waals surface area contributed by atoms with Crippen LogP contribution in [0.5, 0.6) is 0 Å². The van der Waals surface area contributed by atoms with Crippen LogP contribution < -0.4 is 0 Å². The van der Waals surface area contributed by atoms with Crippen molar-refractivity contribution in [2.45, 2.75) is 25.3 Å². The molecule has 0 amide bonds. The van der Waals surface area contributed by atoms with Gasteiger partial charge in [-0.2, -0.15) is 0 Å². The smallest absolute Gasteiger partial charge is 0.0761 e. The van der Waals surface area contributed by atoms with Gasteiger partial charge in [0, 0.05) is 23.8 Å². The van der Waals surface area contributed by atoms with Crippen LogP contribution in [0.4, 0.5) is 0 Å². The Morgan fingerprint density at radius 3 is 3.00 bits per heavy atom. The predicted octanol–water partition coefficient (Wildman–Crippen LogP) is 3.49. The minimum absolute atomic E-state index is 0.418. The second kappa shape index (κ2) is 5.90. The summed E-state index contributed by atoms with van der Waals surface area (Å²) in [5.41, 5.74) is 3.26. The minimum Gasteiger partial charge on any atom is -0.298 e. The van der Waals surface area contributed by atoms with Crippen LogP contribution in [0.1, 0.15) is 35.8 Å². The molecule has 0 spiro atoms. The lowest BCUT2D eigenvalue weighted by Gasteiger charge is -2.18. The minimum atomic E-state index is 0.418. The largest absolute Gasteiger partial charge is 0.298 e. The van der Waals surface area contributed by atoms with Gasteiger partial charge in [-0.05, 0) is 44.1 Å². The van der Waals surface area contributed by atoms with E-state index in [-0.39, 0.29) is 0 Å². The van der Waals surface area contributed by atoms with Crippen molar-refractivity contribution in [3.8, 4) is 0 Å². The molecule has 1 fully saturated rings. The van der Waals surface area contributed by atoms with Crippen molar-refractivity contribution in [3.63, 3.8) is 0 Å². The number of halogens is 1. The lowest BCUT2D eigenvalue weighted by molar-refractivity contribution is 0.311. The van der Waals surface area contributed by atoms with E-state index in [1.165, 1.54) is 18.4 Å². The molecule has 1 aliphatic heterocycles. The highest BCUT2D eigenvalue weighted by Crippen LogP contribution is 2.28. The van der Waals surface area contributed by atoms with E-state index >= 15 is 0 Å². The first kappa shape index (κ1) is 13.5. The van der Waals surface area contributed by atoms with Gasteiger partial charge in [-0.3, -0.25) is 14.9 Å². The molecule has 2 heterocycles. The Morgan fingerprint density at radius 2 is 2.25 bits per heavy atom. The Labute approximate surface area is 124 Å². The Morgan fingerprint density at radius 1 is 1.35 bits per heavy atom. The average molecular weight is 288 g/mol. The van der Waals surface area contributed by atoms with E-state index in [9.17, 15) is 0 Å². The van der Waals surface area contributed by atoms with Gasteiger partial charge in [0.15, 0.2) is 0 Å². The van der Waals surface area contributed by atoms with Crippen LogP contribution in [0.2, 0.25) is 5.02 Å². The third-order valence-corrected chi connectivity index (χ3v) is 4.07. The maximum absolute atomic E-state index is 6.02. The molecule has 0 saturated carbocycles. The van der Waals surface area contributed by atoms with E-state index in [4.69, 9.17) is 16.6 Å². The SMILES string of the molecule is CN1CCCC1c1cncc(Cc2cccc(Cl)c2)n1. The van der Waals surface area contributed by atoms with E-state index in [2.05, 4.69) is 23.0 Å². The van der Waals surface area contributed by atoms with Crippen molar-refractivity contribution in [2.24, 2.45) is 0 Å². The molecular weight excluding hydrogens is 270 g/mol. The third kappa shape index (κ3) is 3.00. The van der Waals surface area contributed by atoms with Crippen molar-refractivity contribution in [2.75, 3.05) is 13.6 Å². The number of benzene rings is 1. The van der Waals surface area contributed by atoms with Crippen LogP contribution in [0.3, 0.4) is 0 Å². The van der Waals surface area contributed by atoms with Gasteiger partial charge < -0.3 is 0 Å². The summed E-state index contributed by atoms with van der Waals surface area (Å²) in [4.78, 5) is 11.5. The van der Waals surface area contributed by atoms with Crippen molar-refractivity contribution < 1.29 is 0 Å². The monoisotopic (exact) mass is 287 g/mol. The molecule has 3 nitrogen and oxygen atoms in total. The quantitative estimate of drug-likeness (QED) is 0.865. The highest BCUT2D eigenvalue weighted by atomic mass is 35.5. The molecule has 20 heavy (non-hydrogen) atoms. The van der Waals surface area contributed by atoms with Crippen LogP contribution in [-0.4, -0.2) is 28.5 Å². The zero-order chi connectivity index (χ0) is 13.9. The second-order valence-corrected chi connectivity index (χ2v) is 5.82. The maximum Gasteiger partial charge on any atom is 0.0761 e. The van der Waals surface area contributed by atoms with Gasteiger partial charge in [-0.15, -0.1) is 0 Å². The summed E-state index contributed by atoms with van der Waals surface area (Å²) in [5.74, 6) is 0. The van der Waals surface area contributed by atoms with Gasteiger partial charge >= 0.3 is 0 Å². The highest BCUT2D eigenvalue weighted by molar-refractivity contribution is 6.30.